The molecule has 0 heterocycles. The number of ether oxygens (including phenoxy) is 2. The summed E-state index contributed by atoms with van der Waals surface area (Å²) in [5.74, 6) is -2.53. The van der Waals surface area contributed by atoms with Crippen LogP contribution in [0.1, 0.15) is 39.5 Å². The average Bonchev–Trinajstić information content (AvgIpc) is 2.81. The van der Waals surface area contributed by atoms with Gasteiger partial charge in [-0.2, -0.15) is 13.2 Å². The Kier molecular flexibility index (Phi) is 8.77. The summed E-state index contributed by atoms with van der Waals surface area (Å²) >= 11 is 0. The molecule has 1 aliphatic rings. The van der Waals surface area contributed by atoms with Crippen molar-refractivity contribution in [2.75, 3.05) is 25.1 Å². The van der Waals surface area contributed by atoms with E-state index in [0.29, 0.717) is 23.8 Å². The maximum absolute atomic E-state index is 12.2. The molecule has 3 rings (SSSR count). The third kappa shape index (κ3) is 8.58. The average molecular weight is 493 g/mol. The van der Waals surface area contributed by atoms with Gasteiger partial charge >= 0.3 is 12.1 Å². The zero-order chi connectivity index (χ0) is 25.5. The van der Waals surface area contributed by atoms with Crippen molar-refractivity contribution < 1.29 is 32.2 Å². The van der Waals surface area contributed by atoms with E-state index < -0.39 is 24.7 Å². The van der Waals surface area contributed by atoms with E-state index in [4.69, 9.17) is 4.74 Å². The molecule has 190 valence electrons. The number of halogens is 3. The Balaban J connectivity index is 1.44. The van der Waals surface area contributed by atoms with Crippen molar-refractivity contribution in [3.05, 3.63) is 48.5 Å². The summed E-state index contributed by atoms with van der Waals surface area (Å²) in [5, 5.41) is 5.99. The molecule has 1 aliphatic carbocycles. The predicted octanol–water partition coefficient (Wildman–Crippen LogP) is 5.33. The van der Waals surface area contributed by atoms with Gasteiger partial charge < -0.3 is 20.1 Å². The summed E-state index contributed by atoms with van der Waals surface area (Å²) in [5.41, 5.74) is 2.49. The van der Waals surface area contributed by atoms with Crippen molar-refractivity contribution >= 4 is 17.6 Å². The molecule has 35 heavy (non-hydrogen) atoms. The molecule has 2 aromatic rings. The normalized spacial score (nSPS) is 15.9. The Morgan fingerprint density at radius 1 is 1.03 bits per heavy atom. The standard InChI is InChI=1S/C26H31F3N2O4/c1-25(2)12-10-20(11-13-25)30-14-15-34-22-8-6-18(7-9-22)19-4-3-5-21(16-19)31-23(32)17-35-24(33)26(27,28)29/h3-9,16,20,30H,10-15,17H2,1-2H3,(H,31,32). The minimum absolute atomic E-state index is 0.369. The topological polar surface area (TPSA) is 76.7 Å². The lowest BCUT2D eigenvalue weighted by atomic mass is 9.75. The zero-order valence-corrected chi connectivity index (χ0v) is 19.9. The molecule has 6 nitrogen and oxygen atoms in total. The van der Waals surface area contributed by atoms with E-state index in [9.17, 15) is 22.8 Å². The summed E-state index contributed by atoms with van der Waals surface area (Å²) in [7, 11) is 0. The number of alkyl halides is 3. The van der Waals surface area contributed by atoms with E-state index in [2.05, 4.69) is 29.2 Å². The van der Waals surface area contributed by atoms with Gasteiger partial charge in [0.15, 0.2) is 6.61 Å². The van der Waals surface area contributed by atoms with Crippen LogP contribution in [-0.4, -0.2) is 43.9 Å². The van der Waals surface area contributed by atoms with Gasteiger partial charge in [0.2, 0.25) is 0 Å². The van der Waals surface area contributed by atoms with Gasteiger partial charge in [0.05, 0.1) is 0 Å². The van der Waals surface area contributed by atoms with Gasteiger partial charge in [0.25, 0.3) is 5.91 Å². The fourth-order valence-corrected chi connectivity index (χ4v) is 3.97. The van der Waals surface area contributed by atoms with Crippen LogP contribution in [-0.2, 0) is 14.3 Å². The van der Waals surface area contributed by atoms with Crippen molar-refractivity contribution in [2.45, 2.75) is 51.7 Å². The van der Waals surface area contributed by atoms with Gasteiger partial charge in [-0.3, -0.25) is 4.79 Å². The Labute approximate surface area is 203 Å². The molecule has 0 atom stereocenters. The Morgan fingerprint density at radius 3 is 2.37 bits per heavy atom. The number of carbonyl (C=O) groups is 2. The maximum Gasteiger partial charge on any atom is 0.490 e. The van der Waals surface area contributed by atoms with Crippen molar-refractivity contribution in [1.29, 1.82) is 0 Å². The first-order valence-electron chi connectivity index (χ1n) is 11.6. The minimum Gasteiger partial charge on any atom is -0.492 e. The molecule has 0 aliphatic heterocycles. The molecule has 1 fully saturated rings. The van der Waals surface area contributed by atoms with Gasteiger partial charge in [-0.05, 0) is 66.5 Å². The van der Waals surface area contributed by atoms with E-state index >= 15 is 0 Å². The second kappa shape index (κ2) is 11.6. The van der Waals surface area contributed by atoms with Crippen molar-refractivity contribution in [2.24, 2.45) is 5.41 Å². The summed E-state index contributed by atoms with van der Waals surface area (Å²) in [4.78, 5) is 22.5. The van der Waals surface area contributed by atoms with Crippen LogP contribution in [0.15, 0.2) is 48.5 Å². The lowest BCUT2D eigenvalue weighted by Crippen LogP contribution is -2.37. The van der Waals surface area contributed by atoms with Gasteiger partial charge in [0, 0.05) is 18.3 Å². The Bertz CT molecular complexity index is 996. The fraction of sp³-hybridized carbons (Fsp3) is 0.462. The first kappa shape index (κ1) is 26.5. The second-order valence-corrected chi connectivity index (χ2v) is 9.47. The van der Waals surface area contributed by atoms with Crippen LogP contribution in [0.3, 0.4) is 0 Å². The van der Waals surface area contributed by atoms with Crippen LogP contribution in [0.4, 0.5) is 18.9 Å². The number of benzene rings is 2. The van der Waals surface area contributed by atoms with Crippen molar-refractivity contribution in [3.8, 4) is 16.9 Å². The summed E-state index contributed by atoms with van der Waals surface area (Å²) in [6, 6.07) is 14.9. The number of hydrogen-bond donors (Lipinski definition) is 2. The SMILES string of the molecule is CC1(C)CCC(NCCOc2ccc(-c3cccc(NC(=O)COC(=O)C(F)(F)F)c3)cc2)CC1. The van der Waals surface area contributed by atoms with Gasteiger partial charge in [-0.15, -0.1) is 0 Å². The third-order valence-corrected chi connectivity index (χ3v) is 6.04. The van der Waals surface area contributed by atoms with E-state index in [1.165, 1.54) is 25.7 Å². The number of carbonyl (C=O) groups excluding carboxylic acids is 2. The Hall–Kier alpha value is -3.07. The van der Waals surface area contributed by atoms with E-state index in [-0.39, 0.29) is 0 Å². The first-order chi connectivity index (χ1) is 16.5. The monoisotopic (exact) mass is 492 g/mol. The largest absolute Gasteiger partial charge is 0.492 e. The van der Waals surface area contributed by atoms with E-state index in [1.807, 2.05) is 30.3 Å². The molecule has 0 aromatic heterocycles. The number of amides is 1. The van der Waals surface area contributed by atoms with Crippen LogP contribution in [0, 0.1) is 5.41 Å². The van der Waals surface area contributed by atoms with Crippen molar-refractivity contribution in [1.82, 2.24) is 5.32 Å². The highest BCUT2D eigenvalue weighted by Crippen LogP contribution is 2.35. The molecule has 1 amide bonds. The van der Waals surface area contributed by atoms with Crippen LogP contribution in [0.25, 0.3) is 11.1 Å². The maximum atomic E-state index is 12.2. The zero-order valence-electron chi connectivity index (χ0n) is 19.9. The lowest BCUT2D eigenvalue weighted by molar-refractivity contribution is -0.199. The van der Waals surface area contributed by atoms with Crippen LogP contribution >= 0.6 is 0 Å². The third-order valence-electron chi connectivity index (χ3n) is 6.04. The van der Waals surface area contributed by atoms with Gasteiger partial charge in [-0.25, -0.2) is 4.79 Å². The molecule has 2 aromatic carbocycles. The summed E-state index contributed by atoms with van der Waals surface area (Å²) in [6.07, 6.45) is -0.272. The number of hydrogen-bond acceptors (Lipinski definition) is 5. The van der Waals surface area contributed by atoms with Crippen LogP contribution < -0.4 is 15.4 Å². The van der Waals surface area contributed by atoms with Crippen LogP contribution in [0.5, 0.6) is 5.75 Å². The minimum atomic E-state index is -5.14. The lowest BCUT2D eigenvalue weighted by Gasteiger charge is -2.34. The Morgan fingerprint density at radius 2 is 1.71 bits per heavy atom. The summed E-state index contributed by atoms with van der Waals surface area (Å²) in [6.45, 7) is 4.97. The first-order valence-corrected chi connectivity index (χ1v) is 11.6. The highest BCUT2D eigenvalue weighted by molar-refractivity contribution is 5.93. The highest BCUT2D eigenvalue weighted by atomic mass is 19.4. The number of nitrogens with one attached hydrogen (secondary N) is 2. The molecule has 0 bridgehead atoms. The van der Waals surface area contributed by atoms with Gasteiger partial charge in [0.1, 0.15) is 12.4 Å². The molecule has 0 radical (unpaired) electrons. The van der Waals surface area contributed by atoms with Gasteiger partial charge in [-0.1, -0.05) is 38.1 Å². The molecular formula is C26H31F3N2O4. The fourth-order valence-electron chi connectivity index (χ4n) is 3.97. The molecular weight excluding hydrogens is 461 g/mol. The molecule has 9 heteroatoms. The number of esters is 1. The molecule has 2 N–H and O–H groups in total. The summed E-state index contributed by atoms with van der Waals surface area (Å²) < 4.78 is 46.3. The second-order valence-electron chi connectivity index (χ2n) is 9.47. The highest BCUT2D eigenvalue weighted by Gasteiger charge is 2.41. The molecule has 0 saturated heterocycles. The quantitative estimate of drug-likeness (QED) is 0.365. The molecule has 0 unspecified atom stereocenters. The number of anilines is 1. The van der Waals surface area contributed by atoms with E-state index in [0.717, 1.165) is 23.4 Å². The molecule has 0 spiro atoms. The molecule has 1 saturated carbocycles. The number of rotatable bonds is 9. The van der Waals surface area contributed by atoms with Crippen LogP contribution in [0.2, 0.25) is 0 Å². The smallest absolute Gasteiger partial charge is 0.490 e. The van der Waals surface area contributed by atoms with E-state index in [1.54, 1.807) is 18.2 Å². The predicted molar refractivity (Wildman–Crippen MR) is 127 cm³/mol. The van der Waals surface area contributed by atoms with Crippen molar-refractivity contribution in [3.63, 3.8) is 0 Å².